The van der Waals surface area contributed by atoms with Gasteiger partial charge in [0.05, 0.1) is 6.26 Å². The summed E-state index contributed by atoms with van der Waals surface area (Å²) in [6, 6.07) is 0. The molecule has 0 spiro atoms. The summed E-state index contributed by atoms with van der Waals surface area (Å²) in [5.74, 6) is 0.516. The van der Waals surface area contributed by atoms with E-state index in [1.165, 1.54) is 17.6 Å². The number of rotatable bonds is 4. The summed E-state index contributed by atoms with van der Waals surface area (Å²) in [5.41, 5.74) is 0. The maximum Gasteiger partial charge on any atom is 0.209 e. The zero-order valence-electron chi connectivity index (χ0n) is 7.83. The molecular weight excluding hydrogens is 214 g/mol. The summed E-state index contributed by atoms with van der Waals surface area (Å²) in [4.78, 5) is 14.7. The van der Waals surface area contributed by atoms with E-state index in [1.807, 2.05) is 5.38 Å². The molecule has 1 aliphatic rings. The molecule has 1 aromatic heterocycles. The van der Waals surface area contributed by atoms with Crippen molar-refractivity contribution in [3.63, 3.8) is 0 Å². The third-order valence-electron chi connectivity index (χ3n) is 1.81. The summed E-state index contributed by atoms with van der Waals surface area (Å²) in [6.45, 7) is 0.366. The number of hydrogen-bond donors (Lipinski definition) is 0. The molecule has 4 nitrogen and oxygen atoms in total. The van der Waals surface area contributed by atoms with Gasteiger partial charge in [0, 0.05) is 11.6 Å². The number of carbonyl (C=O) groups is 1. The van der Waals surface area contributed by atoms with Crippen molar-refractivity contribution < 1.29 is 14.3 Å². The van der Waals surface area contributed by atoms with E-state index in [0.717, 1.165) is 5.01 Å². The molecule has 78 valence electrons. The lowest BCUT2D eigenvalue weighted by Crippen LogP contribution is -2.18. The lowest BCUT2D eigenvalue weighted by atomic mass is 10.2. The van der Waals surface area contributed by atoms with E-state index in [0.29, 0.717) is 18.7 Å². The lowest BCUT2D eigenvalue weighted by molar-refractivity contribution is -0.115. The zero-order valence-corrected chi connectivity index (χ0v) is 8.65. The van der Waals surface area contributed by atoms with Crippen LogP contribution in [-0.2, 0) is 20.9 Å². The van der Waals surface area contributed by atoms with Crippen molar-refractivity contribution in [1.82, 2.24) is 4.98 Å². The molecule has 0 aromatic carbocycles. The molecule has 5 heteroatoms. The maximum atomic E-state index is 10.6. The Morgan fingerprint density at radius 2 is 2.60 bits per heavy atom. The fourth-order valence-corrected chi connectivity index (χ4v) is 1.65. The first-order chi connectivity index (χ1) is 7.40. The standard InChI is InChI=1S/C10H9NO3S/c12-6-9-8(2-1-4-13-9)14-7-10-11-3-5-15-10/h1-6,9H,7H2. The van der Waals surface area contributed by atoms with E-state index < -0.39 is 6.10 Å². The number of allylic oxidation sites excluding steroid dienone is 2. The maximum absolute atomic E-state index is 10.6. The fourth-order valence-electron chi connectivity index (χ4n) is 1.12. The second-order valence-electron chi connectivity index (χ2n) is 2.80. The van der Waals surface area contributed by atoms with Crippen LogP contribution < -0.4 is 0 Å². The third kappa shape index (κ3) is 2.44. The van der Waals surface area contributed by atoms with E-state index in [2.05, 4.69) is 4.98 Å². The lowest BCUT2D eigenvalue weighted by Gasteiger charge is -2.17. The van der Waals surface area contributed by atoms with Crippen molar-refractivity contribution in [1.29, 1.82) is 0 Å². The Morgan fingerprint density at radius 3 is 3.33 bits per heavy atom. The minimum atomic E-state index is -0.630. The number of hydrogen-bond acceptors (Lipinski definition) is 5. The molecule has 0 N–H and O–H groups in total. The van der Waals surface area contributed by atoms with Crippen LogP contribution in [0.4, 0.5) is 0 Å². The molecule has 0 saturated carbocycles. The highest BCUT2D eigenvalue weighted by Crippen LogP contribution is 2.15. The summed E-state index contributed by atoms with van der Waals surface area (Å²) in [7, 11) is 0. The molecule has 0 aliphatic carbocycles. The molecule has 0 saturated heterocycles. The quantitative estimate of drug-likeness (QED) is 0.728. The number of ether oxygens (including phenoxy) is 2. The first kappa shape index (κ1) is 9.92. The van der Waals surface area contributed by atoms with Crippen LogP contribution in [0.5, 0.6) is 0 Å². The van der Waals surface area contributed by atoms with Crippen molar-refractivity contribution in [3.8, 4) is 0 Å². The molecule has 0 fully saturated rings. The zero-order chi connectivity index (χ0) is 10.5. The van der Waals surface area contributed by atoms with Crippen molar-refractivity contribution in [2.45, 2.75) is 12.7 Å². The number of aldehydes is 1. The van der Waals surface area contributed by atoms with Crippen LogP contribution in [0, 0.1) is 0 Å². The van der Waals surface area contributed by atoms with Gasteiger partial charge in [0.15, 0.2) is 6.29 Å². The van der Waals surface area contributed by atoms with Crippen LogP contribution in [-0.4, -0.2) is 17.4 Å². The van der Waals surface area contributed by atoms with Gasteiger partial charge in [-0.3, -0.25) is 4.79 Å². The molecule has 0 amide bonds. The van der Waals surface area contributed by atoms with E-state index in [-0.39, 0.29) is 0 Å². The topological polar surface area (TPSA) is 48.4 Å². The number of aromatic nitrogens is 1. The average Bonchev–Trinajstić information content (AvgIpc) is 2.79. The van der Waals surface area contributed by atoms with Crippen LogP contribution >= 0.6 is 11.3 Å². The highest BCUT2D eigenvalue weighted by molar-refractivity contribution is 7.09. The van der Waals surface area contributed by atoms with Gasteiger partial charge < -0.3 is 9.47 Å². The van der Waals surface area contributed by atoms with Gasteiger partial charge in [-0.15, -0.1) is 11.3 Å². The van der Waals surface area contributed by atoms with Gasteiger partial charge in [-0.2, -0.15) is 0 Å². The molecule has 2 heterocycles. The summed E-state index contributed by atoms with van der Waals surface area (Å²) in [6.07, 6.45) is 6.67. The largest absolute Gasteiger partial charge is 0.486 e. The smallest absolute Gasteiger partial charge is 0.209 e. The molecule has 1 aliphatic heterocycles. The molecule has 1 unspecified atom stereocenters. The predicted octanol–water partition coefficient (Wildman–Crippen LogP) is 1.66. The molecule has 0 radical (unpaired) electrons. The van der Waals surface area contributed by atoms with E-state index in [1.54, 1.807) is 18.3 Å². The van der Waals surface area contributed by atoms with Crippen LogP contribution in [0.25, 0.3) is 0 Å². The van der Waals surface area contributed by atoms with Crippen molar-refractivity contribution in [2.24, 2.45) is 0 Å². The fraction of sp³-hybridized carbons (Fsp3) is 0.200. The molecule has 1 aromatic rings. The molecule has 0 bridgehead atoms. The first-order valence-electron chi connectivity index (χ1n) is 4.39. The molecule has 15 heavy (non-hydrogen) atoms. The summed E-state index contributed by atoms with van der Waals surface area (Å²) in [5, 5.41) is 2.75. The Morgan fingerprint density at radius 1 is 1.67 bits per heavy atom. The summed E-state index contributed by atoms with van der Waals surface area (Å²) >= 11 is 1.51. The van der Waals surface area contributed by atoms with Gasteiger partial charge in [0.25, 0.3) is 0 Å². The van der Waals surface area contributed by atoms with Gasteiger partial charge in [-0.05, 0) is 12.2 Å². The van der Waals surface area contributed by atoms with E-state index in [9.17, 15) is 4.79 Å². The molecule has 1 atom stereocenters. The van der Waals surface area contributed by atoms with Gasteiger partial charge in [-0.25, -0.2) is 4.98 Å². The number of carbonyl (C=O) groups excluding carboxylic acids is 1. The Balaban J connectivity index is 1.95. The van der Waals surface area contributed by atoms with Crippen molar-refractivity contribution in [3.05, 3.63) is 40.8 Å². The van der Waals surface area contributed by atoms with Gasteiger partial charge >= 0.3 is 0 Å². The highest BCUT2D eigenvalue weighted by atomic mass is 32.1. The minimum absolute atomic E-state index is 0.366. The molecular formula is C10H9NO3S. The van der Waals surface area contributed by atoms with E-state index in [4.69, 9.17) is 9.47 Å². The monoisotopic (exact) mass is 223 g/mol. The predicted molar refractivity (Wildman–Crippen MR) is 55.1 cm³/mol. The Kier molecular flexibility index (Phi) is 3.14. The number of thiazole rings is 1. The highest BCUT2D eigenvalue weighted by Gasteiger charge is 2.17. The van der Waals surface area contributed by atoms with Crippen molar-refractivity contribution in [2.75, 3.05) is 0 Å². The second-order valence-corrected chi connectivity index (χ2v) is 3.78. The van der Waals surface area contributed by atoms with Crippen molar-refractivity contribution >= 4 is 17.6 Å². The van der Waals surface area contributed by atoms with Gasteiger partial charge in [0.1, 0.15) is 17.4 Å². The van der Waals surface area contributed by atoms with Crippen LogP contribution in [0.3, 0.4) is 0 Å². The Hall–Kier alpha value is -1.62. The third-order valence-corrected chi connectivity index (χ3v) is 2.57. The van der Waals surface area contributed by atoms with Crippen LogP contribution in [0.15, 0.2) is 35.8 Å². The molecule has 2 rings (SSSR count). The Bertz CT molecular complexity index is 383. The second kappa shape index (κ2) is 4.75. The first-order valence-corrected chi connectivity index (χ1v) is 5.27. The number of nitrogens with zero attached hydrogens (tertiary/aromatic N) is 1. The SMILES string of the molecule is O=CC1OC=CC=C1OCc1nccs1. The van der Waals surface area contributed by atoms with Crippen LogP contribution in [0.2, 0.25) is 0 Å². The Labute approximate surface area is 90.8 Å². The average molecular weight is 223 g/mol. The van der Waals surface area contributed by atoms with Crippen LogP contribution in [0.1, 0.15) is 5.01 Å². The van der Waals surface area contributed by atoms with Gasteiger partial charge in [0.2, 0.25) is 6.10 Å². The van der Waals surface area contributed by atoms with Gasteiger partial charge in [-0.1, -0.05) is 0 Å². The summed E-state index contributed by atoms with van der Waals surface area (Å²) < 4.78 is 10.5. The normalized spacial score (nSPS) is 19.2. The minimum Gasteiger partial charge on any atom is -0.486 e. The van der Waals surface area contributed by atoms with E-state index >= 15 is 0 Å².